The van der Waals surface area contributed by atoms with Crippen LogP contribution in [0.1, 0.15) is 12.3 Å². The third kappa shape index (κ3) is 4.36. The number of imidazole rings is 1. The number of hydrogen-bond donors (Lipinski definition) is 1. The fraction of sp³-hybridized carbons (Fsp3) is 0.120. The maximum absolute atomic E-state index is 13.1. The summed E-state index contributed by atoms with van der Waals surface area (Å²) in [6, 6.07) is 21.4. The van der Waals surface area contributed by atoms with Crippen molar-refractivity contribution in [2.24, 2.45) is 7.05 Å². The van der Waals surface area contributed by atoms with Crippen molar-refractivity contribution < 1.29 is 13.7 Å². The first-order valence-electron chi connectivity index (χ1n) is 10.5. The predicted octanol–water partition coefficient (Wildman–Crippen LogP) is 5.00. The van der Waals surface area contributed by atoms with Crippen molar-refractivity contribution in [1.29, 1.82) is 0 Å². The number of para-hydroxylation sites is 2. The van der Waals surface area contributed by atoms with Gasteiger partial charge in [-0.25, -0.2) is 9.37 Å². The lowest BCUT2D eigenvalue weighted by molar-refractivity contribution is -0.116. The van der Waals surface area contributed by atoms with Gasteiger partial charge in [0.05, 0.1) is 11.0 Å². The Hall–Kier alpha value is -4.33. The smallest absolute Gasteiger partial charge is 0.227 e. The van der Waals surface area contributed by atoms with E-state index in [0.717, 1.165) is 22.4 Å². The average molecular weight is 441 g/mol. The molecule has 0 atom stereocenters. The Bertz CT molecular complexity index is 1420. The molecule has 0 aliphatic carbocycles. The fourth-order valence-corrected chi connectivity index (χ4v) is 3.62. The number of amides is 1. The maximum atomic E-state index is 13.1. The predicted molar refractivity (Wildman–Crippen MR) is 123 cm³/mol. The Morgan fingerprint density at radius 1 is 0.970 bits per heavy atom. The van der Waals surface area contributed by atoms with Crippen molar-refractivity contribution in [2.75, 3.05) is 5.32 Å². The Kier molecular flexibility index (Phi) is 5.40. The third-order valence-electron chi connectivity index (χ3n) is 5.35. The molecule has 1 N–H and O–H groups in total. The Balaban J connectivity index is 1.20. The Morgan fingerprint density at radius 2 is 1.70 bits per heavy atom. The number of aromatic nitrogens is 4. The molecule has 1 amide bonds. The van der Waals surface area contributed by atoms with E-state index in [9.17, 15) is 9.18 Å². The minimum atomic E-state index is -0.333. The lowest BCUT2D eigenvalue weighted by Gasteiger charge is -2.06. The second-order valence-electron chi connectivity index (χ2n) is 7.63. The van der Waals surface area contributed by atoms with E-state index in [4.69, 9.17) is 9.51 Å². The summed E-state index contributed by atoms with van der Waals surface area (Å²) in [6.45, 7) is 0. The fourth-order valence-electron chi connectivity index (χ4n) is 3.62. The van der Waals surface area contributed by atoms with Crippen LogP contribution in [-0.4, -0.2) is 25.6 Å². The molecule has 0 aliphatic rings. The highest BCUT2D eigenvalue weighted by Gasteiger charge is 2.12. The number of halogens is 1. The van der Waals surface area contributed by atoms with Crippen molar-refractivity contribution in [3.8, 4) is 22.8 Å². The largest absolute Gasteiger partial charge is 0.339 e. The maximum Gasteiger partial charge on any atom is 0.227 e. The SMILES string of the molecule is Cn1c(-c2ccc(NC(=O)CCc3nc(-c4ccc(F)cc4)no3)cc2)nc2ccccc21. The molecule has 0 bridgehead atoms. The summed E-state index contributed by atoms with van der Waals surface area (Å²) in [4.78, 5) is 21.3. The van der Waals surface area contributed by atoms with E-state index in [2.05, 4.69) is 15.5 Å². The summed E-state index contributed by atoms with van der Waals surface area (Å²) in [5.74, 6) is 1.08. The zero-order chi connectivity index (χ0) is 22.8. The van der Waals surface area contributed by atoms with E-state index < -0.39 is 0 Å². The number of nitrogens with zero attached hydrogens (tertiary/aromatic N) is 4. The number of carbonyl (C=O) groups is 1. The number of rotatable bonds is 6. The number of fused-ring (bicyclic) bond motifs is 1. The molecule has 0 unspecified atom stereocenters. The minimum Gasteiger partial charge on any atom is -0.339 e. The Labute approximate surface area is 188 Å². The van der Waals surface area contributed by atoms with Gasteiger partial charge >= 0.3 is 0 Å². The molecule has 8 heteroatoms. The number of nitrogens with one attached hydrogen (secondary N) is 1. The molecule has 33 heavy (non-hydrogen) atoms. The molecular weight excluding hydrogens is 421 g/mol. The molecular formula is C25H20FN5O2. The summed E-state index contributed by atoms with van der Waals surface area (Å²) in [5, 5.41) is 6.77. The third-order valence-corrected chi connectivity index (χ3v) is 5.35. The van der Waals surface area contributed by atoms with Crippen LogP contribution in [0.15, 0.2) is 77.3 Å². The summed E-state index contributed by atoms with van der Waals surface area (Å²) in [6.07, 6.45) is 0.496. The number of carbonyl (C=O) groups excluding carboxylic acids is 1. The van der Waals surface area contributed by atoms with Crippen molar-refractivity contribution in [1.82, 2.24) is 19.7 Å². The van der Waals surface area contributed by atoms with Gasteiger partial charge in [0.1, 0.15) is 11.6 Å². The highest BCUT2D eigenvalue weighted by Crippen LogP contribution is 2.25. The monoisotopic (exact) mass is 441 g/mol. The van der Waals surface area contributed by atoms with Crippen LogP contribution in [0.4, 0.5) is 10.1 Å². The first kappa shape index (κ1) is 20.6. The average Bonchev–Trinajstić information content (AvgIpc) is 3.44. The van der Waals surface area contributed by atoms with E-state index in [1.807, 2.05) is 60.1 Å². The molecule has 2 aromatic heterocycles. The summed E-state index contributed by atoms with van der Waals surface area (Å²) < 4.78 is 20.3. The van der Waals surface area contributed by atoms with E-state index in [-0.39, 0.29) is 18.1 Å². The first-order valence-corrected chi connectivity index (χ1v) is 10.5. The van der Waals surface area contributed by atoms with Gasteiger partial charge < -0.3 is 14.4 Å². The van der Waals surface area contributed by atoms with Crippen LogP contribution in [0.5, 0.6) is 0 Å². The summed E-state index contributed by atoms with van der Waals surface area (Å²) >= 11 is 0. The van der Waals surface area contributed by atoms with Crippen LogP contribution in [0.2, 0.25) is 0 Å². The zero-order valence-electron chi connectivity index (χ0n) is 17.8. The van der Waals surface area contributed by atoms with Crippen molar-refractivity contribution in [3.05, 3.63) is 84.5 Å². The summed E-state index contributed by atoms with van der Waals surface area (Å²) in [7, 11) is 1.99. The second kappa shape index (κ2) is 8.66. The standard InChI is InChI=1S/C25H20FN5O2/c1-31-21-5-3-2-4-20(21)28-25(31)17-8-12-19(13-9-17)27-22(32)14-15-23-29-24(30-33-23)16-6-10-18(26)11-7-16/h2-13H,14-15H2,1H3,(H,27,32). The number of aryl methyl sites for hydroxylation is 2. The highest BCUT2D eigenvalue weighted by atomic mass is 19.1. The number of hydrogen-bond acceptors (Lipinski definition) is 5. The molecule has 0 spiro atoms. The molecule has 5 rings (SSSR count). The summed E-state index contributed by atoms with van der Waals surface area (Å²) in [5.41, 5.74) is 4.31. The Morgan fingerprint density at radius 3 is 2.45 bits per heavy atom. The van der Waals surface area contributed by atoms with E-state index in [0.29, 0.717) is 29.4 Å². The van der Waals surface area contributed by atoms with Crippen LogP contribution >= 0.6 is 0 Å². The van der Waals surface area contributed by atoms with Crippen LogP contribution in [-0.2, 0) is 18.3 Å². The van der Waals surface area contributed by atoms with Crippen LogP contribution in [0.25, 0.3) is 33.8 Å². The minimum absolute atomic E-state index is 0.160. The second-order valence-corrected chi connectivity index (χ2v) is 7.63. The molecule has 2 heterocycles. The van der Waals surface area contributed by atoms with E-state index in [1.54, 1.807) is 12.1 Å². The van der Waals surface area contributed by atoms with Gasteiger partial charge in [-0.15, -0.1) is 0 Å². The van der Waals surface area contributed by atoms with E-state index >= 15 is 0 Å². The molecule has 164 valence electrons. The molecule has 0 radical (unpaired) electrons. The lowest BCUT2D eigenvalue weighted by atomic mass is 10.2. The number of benzene rings is 3. The van der Waals surface area contributed by atoms with Gasteiger partial charge in [0, 0.05) is 36.7 Å². The van der Waals surface area contributed by atoms with Crippen molar-refractivity contribution in [2.45, 2.75) is 12.8 Å². The van der Waals surface area contributed by atoms with Gasteiger partial charge in [0.25, 0.3) is 0 Å². The quantitative estimate of drug-likeness (QED) is 0.401. The zero-order valence-corrected chi connectivity index (χ0v) is 17.8. The first-order chi connectivity index (χ1) is 16.1. The van der Waals surface area contributed by atoms with Gasteiger partial charge in [-0.2, -0.15) is 4.98 Å². The molecule has 5 aromatic rings. The molecule has 0 aliphatic heterocycles. The van der Waals surface area contributed by atoms with Gasteiger partial charge in [0.15, 0.2) is 0 Å². The van der Waals surface area contributed by atoms with Gasteiger partial charge in [-0.3, -0.25) is 4.79 Å². The van der Waals surface area contributed by atoms with Gasteiger partial charge in [-0.1, -0.05) is 17.3 Å². The van der Waals surface area contributed by atoms with Gasteiger partial charge in [-0.05, 0) is 60.7 Å². The van der Waals surface area contributed by atoms with Crippen LogP contribution in [0.3, 0.4) is 0 Å². The van der Waals surface area contributed by atoms with Crippen molar-refractivity contribution >= 4 is 22.6 Å². The van der Waals surface area contributed by atoms with Gasteiger partial charge in [0.2, 0.25) is 17.6 Å². The molecule has 3 aromatic carbocycles. The molecule has 0 fully saturated rings. The topological polar surface area (TPSA) is 85.8 Å². The normalized spacial score (nSPS) is 11.1. The molecule has 7 nitrogen and oxygen atoms in total. The van der Waals surface area contributed by atoms with E-state index in [1.165, 1.54) is 12.1 Å². The highest BCUT2D eigenvalue weighted by molar-refractivity contribution is 5.91. The lowest BCUT2D eigenvalue weighted by Crippen LogP contribution is -2.12. The van der Waals surface area contributed by atoms with Crippen LogP contribution in [0, 0.1) is 5.82 Å². The number of anilines is 1. The molecule has 0 saturated heterocycles. The molecule has 0 saturated carbocycles. The van der Waals surface area contributed by atoms with Crippen LogP contribution < -0.4 is 5.32 Å². The van der Waals surface area contributed by atoms with Crippen molar-refractivity contribution in [3.63, 3.8) is 0 Å².